The molecule has 0 saturated heterocycles. The van der Waals surface area contributed by atoms with Crippen molar-refractivity contribution in [2.75, 3.05) is 17.7 Å². The van der Waals surface area contributed by atoms with E-state index in [1.807, 2.05) is 54.6 Å². The van der Waals surface area contributed by atoms with Crippen LogP contribution in [0.5, 0.6) is 5.75 Å². The number of nitrogens with zero attached hydrogens (tertiary/aromatic N) is 4. The number of anilines is 4. The minimum Gasteiger partial charge on any atom is -0.497 e. The van der Waals surface area contributed by atoms with E-state index in [0.29, 0.717) is 22.9 Å². The van der Waals surface area contributed by atoms with E-state index >= 15 is 0 Å². The molecule has 2 aromatic carbocycles. The lowest BCUT2D eigenvalue weighted by Gasteiger charge is -2.11. The van der Waals surface area contributed by atoms with E-state index in [2.05, 4.69) is 30.6 Å². The first kappa shape index (κ1) is 15.8. The quantitative estimate of drug-likeness (QED) is 0.567. The molecule has 128 valence electrons. The van der Waals surface area contributed by atoms with Crippen LogP contribution in [0.2, 0.25) is 0 Å². The molecular formula is C19H16N6O. The third-order valence-corrected chi connectivity index (χ3v) is 3.72. The van der Waals surface area contributed by atoms with E-state index in [1.165, 1.54) is 0 Å². The van der Waals surface area contributed by atoms with E-state index in [0.717, 1.165) is 17.1 Å². The van der Waals surface area contributed by atoms with Crippen LogP contribution < -0.4 is 15.4 Å². The van der Waals surface area contributed by atoms with Crippen LogP contribution in [0.3, 0.4) is 0 Å². The second-order valence-corrected chi connectivity index (χ2v) is 5.47. The maximum Gasteiger partial charge on any atom is 0.231 e. The number of aromatic nitrogens is 4. The molecule has 0 fully saturated rings. The van der Waals surface area contributed by atoms with Gasteiger partial charge < -0.3 is 15.4 Å². The molecule has 26 heavy (non-hydrogen) atoms. The van der Waals surface area contributed by atoms with Crippen LogP contribution in [0.4, 0.5) is 23.1 Å². The van der Waals surface area contributed by atoms with Gasteiger partial charge in [-0.2, -0.15) is 9.97 Å². The van der Waals surface area contributed by atoms with Crippen LogP contribution in [0.25, 0.3) is 11.2 Å². The number of rotatable bonds is 5. The molecule has 0 amide bonds. The van der Waals surface area contributed by atoms with E-state index in [1.54, 1.807) is 19.5 Å². The number of para-hydroxylation sites is 1. The molecule has 0 aliphatic carbocycles. The smallest absolute Gasteiger partial charge is 0.231 e. The summed E-state index contributed by atoms with van der Waals surface area (Å²) in [5, 5.41) is 6.47. The van der Waals surface area contributed by atoms with Crippen molar-refractivity contribution >= 4 is 34.3 Å². The number of hydrogen-bond acceptors (Lipinski definition) is 7. The zero-order chi connectivity index (χ0) is 17.8. The Morgan fingerprint density at radius 1 is 0.769 bits per heavy atom. The number of nitrogens with one attached hydrogen (secondary N) is 2. The monoisotopic (exact) mass is 344 g/mol. The van der Waals surface area contributed by atoms with E-state index < -0.39 is 0 Å². The maximum atomic E-state index is 5.19. The number of fused-ring (bicyclic) bond motifs is 1. The lowest BCUT2D eigenvalue weighted by Crippen LogP contribution is -2.04. The molecule has 0 saturated carbocycles. The van der Waals surface area contributed by atoms with Gasteiger partial charge in [-0.15, -0.1) is 0 Å². The Morgan fingerprint density at radius 3 is 2.27 bits per heavy atom. The Labute approximate surface area is 150 Å². The molecule has 7 heteroatoms. The topological polar surface area (TPSA) is 84.9 Å². The van der Waals surface area contributed by atoms with Gasteiger partial charge in [0.2, 0.25) is 5.95 Å². The molecule has 2 N–H and O–H groups in total. The largest absolute Gasteiger partial charge is 0.497 e. The molecule has 4 rings (SSSR count). The zero-order valence-corrected chi connectivity index (χ0v) is 14.0. The van der Waals surface area contributed by atoms with Crippen molar-refractivity contribution in [2.24, 2.45) is 0 Å². The highest BCUT2D eigenvalue weighted by atomic mass is 16.5. The van der Waals surface area contributed by atoms with Gasteiger partial charge in [0.25, 0.3) is 0 Å². The summed E-state index contributed by atoms with van der Waals surface area (Å²) in [5.74, 6) is 1.81. The number of hydrogen-bond donors (Lipinski definition) is 2. The van der Waals surface area contributed by atoms with Crippen molar-refractivity contribution in [1.82, 2.24) is 19.9 Å². The second-order valence-electron chi connectivity index (χ2n) is 5.47. The van der Waals surface area contributed by atoms with E-state index in [9.17, 15) is 0 Å². The summed E-state index contributed by atoms with van der Waals surface area (Å²) >= 11 is 0. The third kappa shape index (κ3) is 3.36. The van der Waals surface area contributed by atoms with Gasteiger partial charge in [0.15, 0.2) is 17.0 Å². The van der Waals surface area contributed by atoms with Gasteiger partial charge >= 0.3 is 0 Å². The van der Waals surface area contributed by atoms with Crippen LogP contribution in [0, 0.1) is 0 Å². The number of benzene rings is 2. The van der Waals surface area contributed by atoms with Gasteiger partial charge in [-0.25, -0.2) is 9.97 Å². The third-order valence-electron chi connectivity index (χ3n) is 3.72. The summed E-state index contributed by atoms with van der Waals surface area (Å²) in [6.45, 7) is 0. The Hall–Kier alpha value is -3.74. The van der Waals surface area contributed by atoms with Gasteiger partial charge in [0.05, 0.1) is 7.11 Å². The molecule has 7 nitrogen and oxygen atoms in total. The van der Waals surface area contributed by atoms with Crippen molar-refractivity contribution < 1.29 is 4.74 Å². The first-order chi connectivity index (χ1) is 12.8. The summed E-state index contributed by atoms with van der Waals surface area (Å²) in [7, 11) is 1.64. The van der Waals surface area contributed by atoms with E-state index in [4.69, 9.17) is 4.74 Å². The van der Waals surface area contributed by atoms with Gasteiger partial charge in [0.1, 0.15) is 5.75 Å². The van der Waals surface area contributed by atoms with Crippen molar-refractivity contribution in [3.05, 3.63) is 67.0 Å². The SMILES string of the molecule is COc1ccc(Nc2nc(Nc3ccccc3)nc3nccnc23)cc1. The zero-order valence-electron chi connectivity index (χ0n) is 14.0. The highest BCUT2D eigenvalue weighted by molar-refractivity contribution is 5.86. The molecule has 2 aromatic heterocycles. The van der Waals surface area contributed by atoms with Gasteiger partial charge in [0, 0.05) is 23.8 Å². The standard InChI is InChI=1S/C19H16N6O/c1-26-15-9-7-14(8-10-15)22-18-16-17(21-12-11-20-16)24-19(25-18)23-13-5-3-2-4-6-13/h2-12H,1H3,(H2,21,22,23,24,25). The first-order valence-electron chi connectivity index (χ1n) is 8.04. The highest BCUT2D eigenvalue weighted by Gasteiger charge is 2.10. The summed E-state index contributed by atoms with van der Waals surface area (Å²) in [4.78, 5) is 17.7. The van der Waals surface area contributed by atoms with Crippen LogP contribution in [-0.2, 0) is 0 Å². The fourth-order valence-electron chi connectivity index (χ4n) is 2.47. The molecule has 0 bridgehead atoms. The number of ether oxygens (including phenoxy) is 1. The Kier molecular flexibility index (Phi) is 4.26. The van der Waals surface area contributed by atoms with Crippen LogP contribution >= 0.6 is 0 Å². The highest BCUT2D eigenvalue weighted by Crippen LogP contribution is 2.25. The summed E-state index contributed by atoms with van der Waals surface area (Å²) in [5.41, 5.74) is 2.87. The molecule has 2 heterocycles. The molecular weight excluding hydrogens is 328 g/mol. The minimum absolute atomic E-state index is 0.445. The summed E-state index contributed by atoms with van der Waals surface area (Å²) in [6.07, 6.45) is 3.23. The molecule has 0 radical (unpaired) electrons. The predicted molar refractivity (Wildman–Crippen MR) is 101 cm³/mol. The van der Waals surface area contributed by atoms with Crippen molar-refractivity contribution in [3.8, 4) is 5.75 Å². The average molecular weight is 344 g/mol. The predicted octanol–water partition coefficient (Wildman–Crippen LogP) is 3.92. The lowest BCUT2D eigenvalue weighted by atomic mass is 10.3. The second kappa shape index (κ2) is 7.02. The summed E-state index contributed by atoms with van der Waals surface area (Å²) < 4.78 is 5.19. The van der Waals surface area contributed by atoms with Crippen LogP contribution in [-0.4, -0.2) is 27.0 Å². The minimum atomic E-state index is 0.445. The van der Waals surface area contributed by atoms with Gasteiger partial charge in [-0.3, -0.25) is 0 Å². The lowest BCUT2D eigenvalue weighted by molar-refractivity contribution is 0.415. The average Bonchev–Trinajstić information content (AvgIpc) is 2.69. The van der Waals surface area contributed by atoms with Gasteiger partial charge in [-0.05, 0) is 36.4 Å². The van der Waals surface area contributed by atoms with Crippen molar-refractivity contribution in [3.63, 3.8) is 0 Å². The van der Waals surface area contributed by atoms with Crippen molar-refractivity contribution in [2.45, 2.75) is 0 Å². The summed E-state index contributed by atoms with van der Waals surface area (Å²) in [6, 6.07) is 17.3. The fraction of sp³-hybridized carbons (Fsp3) is 0.0526. The molecule has 0 spiro atoms. The Morgan fingerprint density at radius 2 is 1.50 bits per heavy atom. The molecule has 0 aliphatic rings. The van der Waals surface area contributed by atoms with Crippen LogP contribution in [0.1, 0.15) is 0 Å². The number of methoxy groups -OCH3 is 1. The molecule has 4 aromatic rings. The molecule has 0 atom stereocenters. The van der Waals surface area contributed by atoms with Gasteiger partial charge in [-0.1, -0.05) is 18.2 Å². The Bertz CT molecular complexity index is 1020. The molecule has 0 aliphatic heterocycles. The normalized spacial score (nSPS) is 10.5. The van der Waals surface area contributed by atoms with E-state index in [-0.39, 0.29) is 0 Å². The maximum absolute atomic E-state index is 5.19. The molecule has 0 unspecified atom stereocenters. The fourth-order valence-corrected chi connectivity index (χ4v) is 2.47. The Balaban J connectivity index is 1.71. The first-order valence-corrected chi connectivity index (χ1v) is 8.04. The van der Waals surface area contributed by atoms with Crippen LogP contribution in [0.15, 0.2) is 67.0 Å². The van der Waals surface area contributed by atoms with Crippen molar-refractivity contribution in [1.29, 1.82) is 0 Å².